The molecule has 0 radical (unpaired) electrons. The van der Waals surface area contributed by atoms with Gasteiger partial charge in [-0.1, -0.05) is 5.57 Å². The first-order valence-electron chi connectivity index (χ1n) is 4.15. The zero-order chi connectivity index (χ0) is 8.97. The fourth-order valence-electron chi connectivity index (χ4n) is 1.22. The van der Waals surface area contributed by atoms with Gasteiger partial charge in [0.25, 0.3) is 0 Å². The second kappa shape index (κ2) is 4.26. The van der Waals surface area contributed by atoms with E-state index in [1.165, 1.54) is 7.11 Å². The Morgan fingerprint density at radius 3 is 2.83 bits per heavy atom. The van der Waals surface area contributed by atoms with Gasteiger partial charge in [-0.2, -0.15) is 0 Å². The van der Waals surface area contributed by atoms with Crippen LogP contribution in [0.2, 0.25) is 0 Å². The third kappa shape index (κ3) is 2.34. The Hall–Kier alpha value is -0.830. The van der Waals surface area contributed by atoms with Crippen molar-refractivity contribution in [3.63, 3.8) is 0 Å². The van der Waals surface area contributed by atoms with Crippen LogP contribution >= 0.6 is 0 Å². The molecule has 3 nitrogen and oxygen atoms in total. The zero-order valence-corrected chi connectivity index (χ0v) is 7.50. The predicted octanol–water partition coefficient (Wildman–Crippen LogP) is 1.28. The topological polar surface area (TPSA) is 35.5 Å². The first-order valence-corrected chi connectivity index (χ1v) is 4.15. The van der Waals surface area contributed by atoms with Crippen molar-refractivity contribution in [3.05, 3.63) is 11.6 Å². The van der Waals surface area contributed by atoms with Gasteiger partial charge >= 0.3 is 5.97 Å². The Morgan fingerprint density at radius 1 is 1.67 bits per heavy atom. The van der Waals surface area contributed by atoms with Crippen LogP contribution in [0.3, 0.4) is 0 Å². The number of hydrogen-bond acceptors (Lipinski definition) is 3. The molecule has 0 bridgehead atoms. The van der Waals surface area contributed by atoms with Gasteiger partial charge in [0.05, 0.1) is 13.2 Å². The standard InChI is InChI=1S/C9H14O3/c1-3-12-8-4-7(5-8)6-9(10)11-2/h6,8H,3-5H2,1-2H3. The van der Waals surface area contributed by atoms with Crippen molar-refractivity contribution in [2.75, 3.05) is 13.7 Å². The third-order valence-electron chi connectivity index (χ3n) is 1.91. The Labute approximate surface area is 72.4 Å². The number of hydrogen-bond donors (Lipinski definition) is 0. The molecule has 0 aromatic carbocycles. The summed E-state index contributed by atoms with van der Waals surface area (Å²) in [5, 5.41) is 0. The molecule has 0 spiro atoms. The van der Waals surface area contributed by atoms with Gasteiger partial charge in [-0.05, 0) is 19.8 Å². The van der Waals surface area contributed by atoms with Crippen molar-refractivity contribution in [2.45, 2.75) is 25.9 Å². The van der Waals surface area contributed by atoms with Gasteiger partial charge in [0, 0.05) is 12.7 Å². The van der Waals surface area contributed by atoms with Crippen LogP contribution in [0.1, 0.15) is 19.8 Å². The van der Waals surface area contributed by atoms with E-state index in [1.807, 2.05) is 6.92 Å². The molecule has 12 heavy (non-hydrogen) atoms. The molecule has 0 N–H and O–H groups in total. The summed E-state index contributed by atoms with van der Waals surface area (Å²) in [5.74, 6) is -0.264. The molecule has 1 saturated carbocycles. The minimum Gasteiger partial charge on any atom is -0.466 e. The summed E-state index contributed by atoms with van der Waals surface area (Å²) in [6, 6.07) is 0. The first kappa shape index (κ1) is 9.26. The summed E-state index contributed by atoms with van der Waals surface area (Å²) >= 11 is 0. The summed E-state index contributed by atoms with van der Waals surface area (Å²) in [4.78, 5) is 10.7. The molecule has 1 aliphatic rings. The predicted molar refractivity (Wildman–Crippen MR) is 44.7 cm³/mol. The third-order valence-corrected chi connectivity index (χ3v) is 1.91. The van der Waals surface area contributed by atoms with Gasteiger partial charge in [-0.3, -0.25) is 0 Å². The SMILES string of the molecule is CCOC1CC(=CC(=O)OC)C1. The van der Waals surface area contributed by atoms with E-state index in [1.54, 1.807) is 6.08 Å². The van der Waals surface area contributed by atoms with Crippen LogP contribution in [-0.4, -0.2) is 25.8 Å². The van der Waals surface area contributed by atoms with E-state index in [0.29, 0.717) is 6.10 Å². The number of rotatable bonds is 3. The maximum Gasteiger partial charge on any atom is 0.330 e. The largest absolute Gasteiger partial charge is 0.466 e. The van der Waals surface area contributed by atoms with Gasteiger partial charge in [0.1, 0.15) is 0 Å². The van der Waals surface area contributed by atoms with Crippen LogP contribution in [0.15, 0.2) is 11.6 Å². The quantitative estimate of drug-likeness (QED) is 0.473. The highest BCUT2D eigenvalue weighted by Crippen LogP contribution is 2.28. The van der Waals surface area contributed by atoms with Gasteiger partial charge in [-0.25, -0.2) is 4.79 Å². The first-order chi connectivity index (χ1) is 5.76. The minimum absolute atomic E-state index is 0.264. The van der Waals surface area contributed by atoms with Gasteiger partial charge in [0.2, 0.25) is 0 Å². The molecule has 0 aromatic heterocycles. The maximum atomic E-state index is 10.7. The number of methoxy groups -OCH3 is 1. The Morgan fingerprint density at radius 2 is 2.33 bits per heavy atom. The Kier molecular flexibility index (Phi) is 3.29. The normalized spacial score (nSPS) is 21.5. The number of carbonyl (C=O) groups is 1. The van der Waals surface area contributed by atoms with Crippen LogP contribution in [-0.2, 0) is 14.3 Å². The monoisotopic (exact) mass is 170 g/mol. The van der Waals surface area contributed by atoms with Crippen molar-refractivity contribution >= 4 is 5.97 Å². The molecular weight excluding hydrogens is 156 g/mol. The lowest BCUT2D eigenvalue weighted by Gasteiger charge is -2.28. The fourth-order valence-corrected chi connectivity index (χ4v) is 1.22. The van der Waals surface area contributed by atoms with Crippen LogP contribution in [0.25, 0.3) is 0 Å². The summed E-state index contributed by atoms with van der Waals surface area (Å²) in [7, 11) is 1.39. The van der Waals surface area contributed by atoms with E-state index < -0.39 is 0 Å². The molecule has 0 unspecified atom stereocenters. The molecule has 1 fully saturated rings. The summed E-state index contributed by atoms with van der Waals surface area (Å²) in [6.45, 7) is 2.72. The van der Waals surface area contributed by atoms with Crippen molar-refractivity contribution in [3.8, 4) is 0 Å². The smallest absolute Gasteiger partial charge is 0.330 e. The fraction of sp³-hybridized carbons (Fsp3) is 0.667. The summed E-state index contributed by atoms with van der Waals surface area (Å²) < 4.78 is 9.83. The molecule has 0 saturated heterocycles. The maximum absolute atomic E-state index is 10.7. The number of ether oxygens (including phenoxy) is 2. The van der Waals surface area contributed by atoms with Crippen molar-refractivity contribution in [2.24, 2.45) is 0 Å². The van der Waals surface area contributed by atoms with E-state index in [9.17, 15) is 4.79 Å². The van der Waals surface area contributed by atoms with E-state index in [0.717, 1.165) is 25.0 Å². The van der Waals surface area contributed by atoms with E-state index >= 15 is 0 Å². The molecule has 3 heteroatoms. The number of esters is 1. The molecule has 0 atom stereocenters. The highest BCUT2D eigenvalue weighted by Gasteiger charge is 2.23. The second-order valence-electron chi connectivity index (χ2n) is 2.81. The lowest BCUT2D eigenvalue weighted by Crippen LogP contribution is -2.25. The van der Waals surface area contributed by atoms with E-state index in [-0.39, 0.29) is 5.97 Å². The van der Waals surface area contributed by atoms with Gasteiger partial charge < -0.3 is 9.47 Å². The lowest BCUT2D eigenvalue weighted by atomic mass is 9.88. The molecule has 68 valence electrons. The van der Waals surface area contributed by atoms with Crippen molar-refractivity contribution in [1.29, 1.82) is 0 Å². The molecular formula is C9H14O3. The highest BCUT2D eigenvalue weighted by atomic mass is 16.5. The van der Waals surface area contributed by atoms with Gasteiger partial charge in [0.15, 0.2) is 0 Å². The van der Waals surface area contributed by atoms with Crippen LogP contribution < -0.4 is 0 Å². The van der Waals surface area contributed by atoms with E-state index in [4.69, 9.17) is 4.74 Å². The summed E-state index contributed by atoms with van der Waals surface area (Å²) in [6.07, 6.45) is 3.63. The minimum atomic E-state index is -0.264. The lowest BCUT2D eigenvalue weighted by molar-refractivity contribution is -0.135. The van der Waals surface area contributed by atoms with Crippen LogP contribution in [0, 0.1) is 0 Å². The molecule has 0 amide bonds. The molecule has 0 heterocycles. The van der Waals surface area contributed by atoms with Crippen molar-refractivity contribution < 1.29 is 14.3 Å². The van der Waals surface area contributed by atoms with E-state index in [2.05, 4.69) is 4.74 Å². The molecule has 0 aliphatic heterocycles. The van der Waals surface area contributed by atoms with Crippen LogP contribution in [0.4, 0.5) is 0 Å². The molecule has 0 aromatic rings. The molecule has 1 rings (SSSR count). The van der Waals surface area contributed by atoms with Crippen molar-refractivity contribution in [1.82, 2.24) is 0 Å². The Bertz CT molecular complexity index is 188. The molecule has 1 aliphatic carbocycles. The Balaban J connectivity index is 2.24. The second-order valence-corrected chi connectivity index (χ2v) is 2.81. The number of carbonyl (C=O) groups excluding carboxylic acids is 1. The highest BCUT2D eigenvalue weighted by molar-refractivity contribution is 5.82. The average molecular weight is 170 g/mol. The zero-order valence-electron chi connectivity index (χ0n) is 7.50. The van der Waals surface area contributed by atoms with Gasteiger partial charge in [-0.15, -0.1) is 0 Å². The average Bonchev–Trinajstić information content (AvgIpc) is 2.00. The van der Waals surface area contributed by atoms with Crippen LogP contribution in [0.5, 0.6) is 0 Å². The summed E-state index contributed by atoms with van der Waals surface area (Å²) in [5.41, 5.74) is 1.13.